The molecule has 12 heteroatoms. The molecule has 0 aliphatic heterocycles. The van der Waals surface area contributed by atoms with Crippen molar-refractivity contribution >= 4 is 17.8 Å². The highest BCUT2D eigenvalue weighted by Gasteiger charge is 2.32. The molecule has 1 amide bonds. The summed E-state index contributed by atoms with van der Waals surface area (Å²) >= 11 is 0. The summed E-state index contributed by atoms with van der Waals surface area (Å²) in [5.41, 5.74) is -2.22. The van der Waals surface area contributed by atoms with Crippen molar-refractivity contribution in [2.45, 2.75) is 24.8 Å². The Bertz CT molecular complexity index is 1320. The molecule has 0 aliphatic carbocycles. The molecule has 3 aromatic carbocycles. The summed E-state index contributed by atoms with van der Waals surface area (Å²) in [5.74, 6) is -2.81. The van der Waals surface area contributed by atoms with Gasteiger partial charge in [0.15, 0.2) is 0 Å². The van der Waals surface area contributed by atoms with Crippen molar-refractivity contribution in [1.82, 2.24) is 5.32 Å². The van der Waals surface area contributed by atoms with Crippen LogP contribution in [0.4, 0.5) is 26.3 Å². The highest BCUT2D eigenvalue weighted by atomic mass is 19.4. The lowest BCUT2D eigenvalue weighted by atomic mass is 10.0. The molecule has 38 heavy (non-hydrogen) atoms. The Hall–Kier alpha value is -4.35. The fraction of sp³-hybridized carbons (Fsp3) is 0.192. The van der Waals surface area contributed by atoms with Crippen LogP contribution in [0.1, 0.15) is 37.4 Å². The maximum Gasteiger partial charge on any atom is 0.416 e. The van der Waals surface area contributed by atoms with Crippen molar-refractivity contribution in [3.63, 3.8) is 0 Å². The van der Waals surface area contributed by atoms with Crippen LogP contribution >= 0.6 is 0 Å². The molecule has 3 aromatic rings. The van der Waals surface area contributed by atoms with Crippen LogP contribution in [-0.2, 0) is 28.3 Å². The number of methoxy groups -OCH3 is 1. The topological polar surface area (TPSA) is 81.7 Å². The maximum absolute atomic E-state index is 13.0. The Morgan fingerprint density at radius 3 is 1.84 bits per heavy atom. The Morgan fingerprint density at radius 2 is 1.32 bits per heavy atom. The molecule has 1 atom stereocenters. The minimum Gasteiger partial charge on any atom is -0.467 e. The molecule has 0 saturated carbocycles. The lowest BCUT2D eigenvalue weighted by Gasteiger charge is -2.17. The third-order valence-electron chi connectivity index (χ3n) is 5.24. The fourth-order valence-electron chi connectivity index (χ4n) is 3.33. The molecule has 0 bridgehead atoms. The monoisotopic (exact) mass is 539 g/mol. The van der Waals surface area contributed by atoms with Gasteiger partial charge in [-0.3, -0.25) is 4.79 Å². The molecule has 0 radical (unpaired) electrons. The Balaban J connectivity index is 1.69. The summed E-state index contributed by atoms with van der Waals surface area (Å²) in [5, 5.41) is 2.34. The average molecular weight is 539 g/mol. The van der Waals surface area contributed by atoms with E-state index in [2.05, 4.69) is 10.1 Å². The maximum atomic E-state index is 13.0. The number of halogens is 6. The van der Waals surface area contributed by atoms with E-state index in [1.807, 2.05) is 0 Å². The number of benzene rings is 3. The van der Waals surface area contributed by atoms with Gasteiger partial charge in [0.2, 0.25) is 0 Å². The van der Waals surface area contributed by atoms with E-state index in [0.717, 1.165) is 37.4 Å². The lowest BCUT2D eigenvalue weighted by molar-refractivity contribution is -0.143. The molecule has 1 unspecified atom stereocenters. The number of carbonyl (C=O) groups excluding carboxylic acids is 3. The van der Waals surface area contributed by atoms with Gasteiger partial charge in [0.1, 0.15) is 11.8 Å². The highest BCUT2D eigenvalue weighted by Crippen LogP contribution is 2.30. The summed E-state index contributed by atoms with van der Waals surface area (Å²) in [6, 6.07) is 11.6. The van der Waals surface area contributed by atoms with Crippen molar-refractivity contribution in [3.05, 3.63) is 101 Å². The summed E-state index contributed by atoms with van der Waals surface area (Å²) in [6.45, 7) is 0. The smallest absolute Gasteiger partial charge is 0.416 e. The summed E-state index contributed by atoms with van der Waals surface area (Å²) in [4.78, 5) is 37.0. The van der Waals surface area contributed by atoms with E-state index in [-0.39, 0.29) is 23.3 Å². The summed E-state index contributed by atoms with van der Waals surface area (Å²) in [7, 11) is 1.07. The van der Waals surface area contributed by atoms with E-state index in [1.165, 1.54) is 30.3 Å². The Labute approximate surface area is 212 Å². The number of carbonyl (C=O) groups is 3. The Kier molecular flexibility index (Phi) is 8.44. The third kappa shape index (κ3) is 7.34. The molecule has 0 aromatic heterocycles. The zero-order chi connectivity index (χ0) is 28.1. The van der Waals surface area contributed by atoms with Gasteiger partial charge >= 0.3 is 24.3 Å². The molecule has 0 aliphatic rings. The molecule has 0 fully saturated rings. The van der Waals surface area contributed by atoms with Gasteiger partial charge in [0.05, 0.1) is 23.8 Å². The van der Waals surface area contributed by atoms with Crippen LogP contribution in [-0.4, -0.2) is 31.0 Å². The van der Waals surface area contributed by atoms with Crippen molar-refractivity contribution in [1.29, 1.82) is 0 Å². The molecule has 0 heterocycles. The zero-order valence-corrected chi connectivity index (χ0v) is 19.5. The van der Waals surface area contributed by atoms with E-state index >= 15 is 0 Å². The van der Waals surface area contributed by atoms with Crippen LogP contribution in [0.15, 0.2) is 72.8 Å². The molecule has 200 valence electrons. The number of esters is 2. The molecule has 0 saturated heterocycles. The van der Waals surface area contributed by atoms with Crippen LogP contribution in [0, 0.1) is 0 Å². The largest absolute Gasteiger partial charge is 0.467 e. The standard InChI is InChI=1S/C26H19F6NO5/c1-37-24(36)21(33-22(34)16-4-2-6-18(13-16)25(27,28)29)12-15-8-10-20(11-9-15)38-23(35)17-5-3-7-19(14-17)26(30,31)32/h2-11,13-14,21H,12H2,1H3,(H,33,34). The molecular formula is C26H19F6NO5. The van der Waals surface area contributed by atoms with E-state index in [4.69, 9.17) is 4.74 Å². The molecule has 1 N–H and O–H groups in total. The van der Waals surface area contributed by atoms with Gasteiger partial charge in [0.25, 0.3) is 5.91 Å². The number of rotatable bonds is 7. The van der Waals surface area contributed by atoms with Crippen LogP contribution in [0.2, 0.25) is 0 Å². The van der Waals surface area contributed by atoms with Gasteiger partial charge < -0.3 is 14.8 Å². The predicted octanol–water partition coefficient (Wildman–Crippen LogP) is 5.46. The number of ether oxygens (including phenoxy) is 2. The number of hydrogen-bond acceptors (Lipinski definition) is 5. The van der Waals surface area contributed by atoms with Crippen molar-refractivity contribution in [3.8, 4) is 5.75 Å². The molecule has 6 nitrogen and oxygen atoms in total. The molecule has 0 spiro atoms. The van der Waals surface area contributed by atoms with Gasteiger partial charge in [-0.25, -0.2) is 9.59 Å². The fourth-order valence-corrected chi connectivity index (χ4v) is 3.33. The second kappa shape index (κ2) is 11.4. The summed E-state index contributed by atoms with van der Waals surface area (Å²) < 4.78 is 87.3. The second-order valence-corrected chi connectivity index (χ2v) is 7.94. The number of alkyl halides is 6. The number of nitrogens with one attached hydrogen (secondary N) is 1. The first-order valence-corrected chi connectivity index (χ1v) is 10.8. The molecule has 3 rings (SSSR count). The average Bonchev–Trinajstić information content (AvgIpc) is 2.88. The number of hydrogen-bond donors (Lipinski definition) is 1. The highest BCUT2D eigenvalue weighted by molar-refractivity contribution is 5.97. The first-order chi connectivity index (χ1) is 17.8. The zero-order valence-electron chi connectivity index (χ0n) is 19.5. The normalized spacial score (nSPS) is 12.4. The third-order valence-corrected chi connectivity index (χ3v) is 5.24. The Morgan fingerprint density at radius 1 is 0.789 bits per heavy atom. The van der Waals surface area contributed by atoms with E-state index in [0.29, 0.717) is 17.7 Å². The minimum atomic E-state index is -4.66. The van der Waals surface area contributed by atoms with Crippen molar-refractivity contribution < 1.29 is 50.2 Å². The van der Waals surface area contributed by atoms with E-state index < -0.39 is 47.4 Å². The van der Waals surface area contributed by atoms with Gasteiger partial charge in [-0.15, -0.1) is 0 Å². The van der Waals surface area contributed by atoms with Crippen molar-refractivity contribution in [2.75, 3.05) is 7.11 Å². The van der Waals surface area contributed by atoms with Crippen LogP contribution in [0.3, 0.4) is 0 Å². The van der Waals surface area contributed by atoms with Gasteiger partial charge in [0, 0.05) is 12.0 Å². The SMILES string of the molecule is COC(=O)C(Cc1ccc(OC(=O)c2cccc(C(F)(F)F)c2)cc1)NC(=O)c1cccc(C(F)(F)F)c1. The lowest BCUT2D eigenvalue weighted by Crippen LogP contribution is -2.43. The van der Waals surface area contributed by atoms with E-state index in [1.54, 1.807) is 0 Å². The quantitative estimate of drug-likeness (QED) is 0.245. The van der Waals surface area contributed by atoms with Crippen LogP contribution in [0.5, 0.6) is 5.75 Å². The van der Waals surface area contributed by atoms with Crippen LogP contribution in [0.25, 0.3) is 0 Å². The van der Waals surface area contributed by atoms with Crippen molar-refractivity contribution in [2.24, 2.45) is 0 Å². The molecular weight excluding hydrogens is 520 g/mol. The first kappa shape index (κ1) is 28.2. The van der Waals surface area contributed by atoms with Gasteiger partial charge in [-0.1, -0.05) is 24.3 Å². The van der Waals surface area contributed by atoms with Crippen LogP contribution < -0.4 is 10.1 Å². The number of amides is 1. The van der Waals surface area contributed by atoms with Gasteiger partial charge in [-0.05, 0) is 54.1 Å². The first-order valence-electron chi connectivity index (χ1n) is 10.8. The summed E-state index contributed by atoms with van der Waals surface area (Å²) in [6.07, 6.45) is -9.42. The van der Waals surface area contributed by atoms with E-state index in [9.17, 15) is 40.7 Å². The second-order valence-electron chi connectivity index (χ2n) is 7.94. The minimum absolute atomic E-state index is 0.00113. The van der Waals surface area contributed by atoms with Gasteiger partial charge in [-0.2, -0.15) is 26.3 Å². The predicted molar refractivity (Wildman–Crippen MR) is 121 cm³/mol.